The van der Waals surface area contributed by atoms with Crippen molar-refractivity contribution in [2.24, 2.45) is 0 Å². The summed E-state index contributed by atoms with van der Waals surface area (Å²) in [6.07, 6.45) is 2.14. The molecule has 0 aliphatic carbocycles. The van der Waals surface area contributed by atoms with E-state index in [0.29, 0.717) is 6.61 Å². The van der Waals surface area contributed by atoms with Crippen LogP contribution in [0.3, 0.4) is 0 Å². The van der Waals surface area contributed by atoms with Gasteiger partial charge >= 0.3 is 0 Å². The van der Waals surface area contributed by atoms with E-state index in [4.69, 9.17) is 14.2 Å². The summed E-state index contributed by atoms with van der Waals surface area (Å²) in [6, 6.07) is 5.87. The van der Waals surface area contributed by atoms with Gasteiger partial charge in [0.15, 0.2) is 11.5 Å². The number of rotatable bonds is 4. The van der Waals surface area contributed by atoms with E-state index >= 15 is 0 Å². The SMILES string of the molecule is COc1ccc2[nH]ccc2c1OCC1CO1. The fraction of sp³-hybridized carbons (Fsp3) is 0.333. The fourth-order valence-electron chi connectivity index (χ4n) is 1.74. The molecule has 4 nitrogen and oxygen atoms in total. The Morgan fingerprint density at radius 3 is 3.06 bits per heavy atom. The minimum absolute atomic E-state index is 0.249. The van der Waals surface area contributed by atoms with Gasteiger partial charge in [0.25, 0.3) is 0 Å². The van der Waals surface area contributed by atoms with Crippen LogP contribution in [0.15, 0.2) is 24.4 Å². The number of nitrogens with one attached hydrogen (secondary N) is 1. The first-order valence-electron chi connectivity index (χ1n) is 5.27. The van der Waals surface area contributed by atoms with Crippen molar-refractivity contribution in [3.05, 3.63) is 24.4 Å². The maximum absolute atomic E-state index is 5.75. The molecule has 1 saturated heterocycles. The van der Waals surface area contributed by atoms with Crippen molar-refractivity contribution in [1.82, 2.24) is 4.98 Å². The molecule has 1 aromatic heterocycles. The Balaban J connectivity index is 1.98. The lowest BCUT2D eigenvalue weighted by Crippen LogP contribution is -2.05. The monoisotopic (exact) mass is 219 g/mol. The molecule has 0 radical (unpaired) electrons. The molecule has 0 bridgehead atoms. The molecule has 2 heterocycles. The van der Waals surface area contributed by atoms with E-state index in [-0.39, 0.29) is 6.10 Å². The number of H-pyrrole nitrogens is 1. The molecule has 1 aromatic carbocycles. The Morgan fingerprint density at radius 2 is 2.31 bits per heavy atom. The van der Waals surface area contributed by atoms with Crippen molar-refractivity contribution >= 4 is 10.9 Å². The second kappa shape index (κ2) is 3.72. The molecule has 84 valence electrons. The molecular weight excluding hydrogens is 206 g/mol. The first kappa shape index (κ1) is 9.54. The molecule has 1 N–H and O–H groups in total. The van der Waals surface area contributed by atoms with Crippen LogP contribution < -0.4 is 9.47 Å². The summed E-state index contributed by atoms with van der Waals surface area (Å²) < 4.78 is 16.2. The Kier molecular flexibility index (Phi) is 2.22. The highest BCUT2D eigenvalue weighted by Crippen LogP contribution is 2.35. The van der Waals surface area contributed by atoms with Crippen LogP contribution in [0.1, 0.15) is 0 Å². The van der Waals surface area contributed by atoms with Crippen LogP contribution in [0.5, 0.6) is 11.5 Å². The van der Waals surface area contributed by atoms with Gasteiger partial charge < -0.3 is 19.2 Å². The molecule has 0 saturated carbocycles. The minimum atomic E-state index is 0.249. The van der Waals surface area contributed by atoms with Crippen LogP contribution in [0, 0.1) is 0 Å². The minimum Gasteiger partial charge on any atom is -0.493 e. The molecule has 0 amide bonds. The molecule has 4 heteroatoms. The third-order valence-corrected chi connectivity index (χ3v) is 2.68. The highest BCUT2D eigenvalue weighted by Gasteiger charge is 2.24. The first-order chi connectivity index (χ1) is 7.88. The van der Waals surface area contributed by atoms with Crippen molar-refractivity contribution in [3.8, 4) is 11.5 Å². The third kappa shape index (κ3) is 1.61. The zero-order valence-electron chi connectivity index (χ0n) is 9.03. The number of epoxide rings is 1. The van der Waals surface area contributed by atoms with Gasteiger partial charge in [-0.25, -0.2) is 0 Å². The number of hydrogen-bond donors (Lipinski definition) is 1. The van der Waals surface area contributed by atoms with Crippen LogP contribution in [-0.4, -0.2) is 31.4 Å². The van der Waals surface area contributed by atoms with Crippen LogP contribution in [-0.2, 0) is 4.74 Å². The largest absolute Gasteiger partial charge is 0.493 e. The van der Waals surface area contributed by atoms with Crippen molar-refractivity contribution in [2.45, 2.75) is 6.10 Å². The average molecular weight is 219 g/mol. The van der Waals surface area contributed by atoms with Gasteiger partial charge in [0.2, 0.25) is 0 Å². The van der Waals surface area contributed by atoms with Crippen molar-refractivity contribution in [3.63, 3.8) is 0 Å². The molecule has 16 heavy (non-hydrogen) atoms. The van der Waals surface area contributed by atoms with Gasteiger partial charge in [-0.05, 0) is 18.2 Å². The smallest absolute Gasteiger partial charge is 0.170 e. The van der Waals surface area contributed by atoms with Gasteiger partial charge in [0.05, 0.1) is 13.7 Å². The lowest BCUT2D eigenvalue weighted by molar-refractivity contribution is 0.254. The Bertz CT molecular complexity index is 502. The van der Waals surface area contributed by atoms with E-state index in [1.807, 2.05) is 24.4 Å². The molecule has 1 atom stereocenters. The molecule has 2 aromatic rings. The Labute approximate surface area is 93.1 Å². The normalized spacial score (nSPS) is 18.7. The lowest BCUT2D eigenvalue weighted by Gasteiger charge is -2.10. The topological polar surface area (TPSA) is 46.8 Å². The van der Waals surface area contributed by atoms with Crippen molar-refractivity contribution in [1.29, 1.82) is 0 Å². The fourth-order valence-corrected chi connectivity index (χ4v) is 1.74. The number of fused-ring (bicyclic) bond motifs is 1. The van der Waals surface area contributed by atoms with Crippen molar-refractivity contribution in [2.75, 3.05) is 20.3 Å². The van der Waals surface area contributed by atoms with Gasteiger partial charge in [-0.15, -0.1) is 0 Å². The Hall–Kier alpha value is -1.68. The number of aromatic nitrogens is 1. The Morgan fingerprint density at radius 1 is 1.44 bits per heavy atom. The van der Waals surface area contributed by atoms with Gasteiger partial charge in [0.1, 0.15) is 12.7 Å². The predicted octanol–water partition coefficient (Wildman–Crippen LogP) is 1.95. The lowest BCUT2D eigenvalue weighted by atomic mass is 10.2. The second-order valence-electron chi connectivity index (χ2n) is 3.80. The summed E-state index contributed by atoms with van der Waals surface area (Å²) in [5.74, 6) is 1.55. The van der Waals surface area contributed by atoms with E-state index in [9.17, 15) is 0 Å². The van der Waals surface area contributed by atoms with E-state index in [1.165, 1.54) is 0 Å². The maximum atomic E-state index is 5.75. The number of benzene rings is 1. The summed E-state index contributed by atoms with van der Waals surface area (Å²) in [5.41, 5.74) is 1.05. The molecule has 1 aliphatic heterocycles. The van der Waals surface area contributed by atoms with Gasteiger partial charge in [-0.3, -0.25) is 0 Å². The van der Waals surface area contributed by atoms with Crippen LogP contribution in [0.25, 0.3) is 10.9 Å². The van der Waals surface area contributed by atoms with E-state index in [2.05, 4.69) is 4.98 Å². The molecule has 1 unspecified atom stereocenters. The highest BCUT2D eigenvalue weighted by atomic mass is 16.6. The quantitative estimate of drug-likeness (QED) is 0.799. The summed E-state index contributed by atoms with van der Waals surface area (Å²) in [7, 11) is 1.65. The molecule has 1 fully saturated rings. The van der Waals surface area contributed by atoms with Gasteiger partial charge in [-0.2, -0.15) is 0 Å². The summed E-state index contributed by atoms with van der Waals surface area (Å²) in [6.45, 7) is 1.38. The standard InChI is InChI=1S/C12H13NO3/c1-14-11-3-2-10-9(4-5-13-10)12(11)16-7-8-6-15-8/h2-5,8,13H,6-7H2,1H3. The van der Waals surface area contributed by atoms with Crippen LogP contribution >= 0.6 is 0 Å². The first-order valence-corrected chi connectivity index (χ1v) is 5.27. The molecule has 3 rings (SSSR count). The highest BCUT2D eigenvalue weighted by molar-refractivity contribution is 5.88. The second-order valence-corrected chi connectivity index (χ2v) is 3.80. The molecule has 1 aliphatic rings. The zero-order valence-corrected chi connectivity index (χ0v) is 9.03. The number of methoxy groups -OCH3 is 1. The van der Waals surface area contributed by atoms with Gasteiger partial charge in [0, 0.05) is 17.1 Å². The van der Waals surface area contributed by atoms with E-state index in [1.54, 1.807) is 7.11 Å². The molecule has 0 spiro atoms. The maximum Gasteiger partial charge on any atom is 0.170 e. The van der Waals surface area contributed by atoms with Crippen LogP contribution in [0.4, 0.5) is 0 Å². The average Bonchev–Trinajstić information content (AvgIpc) is 3.01. The third-order valence-electron chi connectivity index (χ3n) is 2.68. The van der Waals surface area contributed by atoms with Crippen LogP contribution in [0.2, 0.25) is 0 Å². The van der Waals surface area contributed by atoms with E-state index < -0.39 is 0 Å². The van der Waals surface area contributed by atoms with Crippen molar-refractivity contribution < 1.29 is 14.2 Å². The summed E-state index contributed by atoms with van der Waals surface area (Å²) >= 11 is 0. The summed E-state index contributed by atoms with van der Waals surface area (Å²) in [5, 5.41) is 1.04. The number of hydrogen-bond acceptors (Lipinski definition) is 3. The summed E-state index contributed by atoms with van der Waals surface area (Å²) in [4.78, 5) is 3.15. The van der Waals surface area contributed by atoms with Gasteiger partial charge in [-0.1, -0.05) is 0 Å². The van der Waals surface area contributed by atoms with E-state index in [0.717, 1.165) is 29.0 Å². The predicted molar refractivity (Wildman–Crippen MR) is 60.1 cm³/mol. The zero-order chi connectivity index (χ0) is 11.0. The number of ether oxygens (including phenoxy) is 3. The molecular formula is C12H13NO3. The number of aromatic amines is 1.